The number of ether oxygens (including phenoxy) is 7. The predicted molar refractivity (Wildman–Crippen MR) is 203 cm³/mol. The molecule has 1 saturated carbocycles. The van der Waals surface area contributed by atoms with Crippen molar-refractivity contribution in [3.8, 4) is 0 Å². The van der Waals surface area contributed by atoms with Crippen LogP contribution in [0.25, 0.3) is 0 Å². The number of ketones is 1. The molecule has 2 N–H and O–H groups in total. The zero-order chi connectivity index (χ0) is 40.1. The Hall–Kier alpha value is -3.49. The quantitative estimate of drug-likeness (QED) is 0.182. The number of primary amides is 1. The van der Waals surface area contributed by atoms with Crippen LogP contribution in [0.4, 0.5) is 0 Å². The minimum Gasteiger partial charge on any atom is -0.462 e. The monoisotopic (exact) mass is 781 g/mol. The van der Waals surface area contributed by atoms with E-state index in [1.54, 1.807) is 39.7 Å². The topological polar surface area (TPSA) is 163 Å². The molecule has 0 aromatic carbocycles. The maximum absolute atomic E-state index is 14.6. The third kappa shape index (κ3) is 9.28. The van der Waals surface area contributed by atoms with Crippen molar-refractivity contribution in [1.82, 2.24) is 0 Å². The van der Waals surface area contributed by atoms with Crippen LogP contribution in [0.2, 0.25) is 0 Å². The van der Waals surface area contributed by atoms with E-state index in [1.807, 2.05) is 31.5 Å². The minimum absolute atomic E-state index is 0.0373. The van der Waals surface area contributed by atoms with E-state index in [4.69, 9.17) is 38.9 Å². The van der Waals surface area contributed by atoms with E-state index < -0.39 is 30.3 Å². The van der Waals surface area contributed by atoms with E-state index in [0.29, 0.717) is 49.8 Å². The third-order valence-corrected chi connectivity index (χ3v) is 12.9. The summed E-state index contributed by atoms with van der Waals surface area (Å²) in [6, 6.07) is 3.39. The van der Waals surface area contributed by atoms with E-state index in [-0.39, 0.29) is 90.7 Å². The number of Topliss-reactive ketones (excluding diaryl/α,β-unsaturated/α-hetero) is 1. The van der Waals surface area contributed by atoms with Gasteiger partial charge in [-0.15, -0.1) is 0 Å². The molecule has 3 aliphatic carbocycles. The lowest BCUT2D eigenvalue weighted by molar-refractivity contribution is -0.697. The number of nitrogens with two attached hydrogens (primary N) is 1. The predicted octanol–water partition coefficient (Wildman–Crippen LogP) is 4.43. The Bertz CT molecular complexity index is 1630. The Morgan fingerprint density at radius 1 is 0.982 bits per heavy atom. The number of rotatable bonds is 12. The molecule has 13 nitrogen and oxygen atoms in total. The number of pyridine rings is 1. The number of nitrogens with zero attached hydrogens (tertiary/aromatic N) is 1. The smallest absolute Gasteiger partial charge is 0.306 e. The van der Waals surface area contributed by atoms with Gasteiger partial charge in [-0.25, -0.2) is 4.57 Å². The Morgan fingerprint density at radius 3 is 2.46 bits per heavy atom. The molecular weight excluding hydrogens is 720 g/mol. The van der Waals surface area contributed by atoms with Gasteiger partial charge in [-0.1, -0.05) is 32.1 Å². The number of carbonyl (C=O) groups excluding carboxylic acids is 4. The summed E-state index contributed by atoms with van der Waals surface area (Å²) >= 11 is 0. The van der Waals surface area contributed by atoms with Crippen molar-refractivity contribution in [2.45, 2.75) is 134 Å². The Balaban J connectivity index is 1.17. The van der Waals surface area contributed by atoms with Crippen LogP contribution >= 0.6 is 0 Å². The van der Waals surface area contributed by atoms with Crippen molar-refractivity contribution in [3.63, 3.8) is 0 Å². The number of carbonyl (C=O) groups is 4. The van der Waals surface area contributed by atoms with Crippen molar-refractivity contribution < 1.29 is 56.9 Å². The first-order valence-corrected chi connectivity index (χ1v) is 20.5. The standard InChI is InChI=1S/C43H60N2O11/c1-7-28-12-8-13-35(56-36(46)14-10-18-45-17-9-11-27(23-45)42(44)49)24(2)38(48)34-21-32-30(33(34)22-37(47)54-28)16-15-26-19-29(20-31(26)32)55-43-41(52-6)40(51-5)39(50-4)25(3)53-43/h9,11,15-17,21,23-26,28-33,35,39-41,43H,7-8,10,12-14,18-20,22H2,1-6H3,(H-,44,49)/p+1/t24-,25+,26-,28+,29-,30-,31-,32-,33+,35+,39+,40-,41-,43+/m1/s1. The van der Waals surface area contributed by atoms with E-state index in [0.717, 1.165) is 12.8 Å². The van der Waals surface area contributed by atoms with Gasteiger partial charge < -0.3 is 38.9 Å². The second-order valence-electron chi connectivity index (χ2n) is 16.3. The molecule has 3 fully saturated rings. The summed E-state index contributed by atoms with van der Waals surface area (Å²) < 4.78 is 44.2. The fourth-order valence-electron chi connectivity index (χ4n) is 9.90. The molecule has 1 aromatic rings. The molecule has 56 heavy (non-hydrogen) atoms. The van der Waals surface area contributed by atoms with Gasteiger partial charge in [-0.05, 0) is 80.8 Å². The van der Waals surface area contributed by atoms with E-state index >= 15 is 0 Å². The molecule has 0 unspecified atom stereocenters. The number of aryl methyl sites for hydroxylation is 1. The summed E-state index contributed by atoms with van der Waals surface area (Å²) in [5.41, 5.74) is 6.45. The Kier molecular flexibility index (Phi) is 14.2. The molecule has 13 heteroatoms. The lowest BCUT2D eigenvalue weighted by Crippen LogP contribution is -2.59. The van der Waals surface area contributed by atoms with Crippen LogP contribution in [-0.2, 0) is 54.1 Å². The van der Waals surface area contributed by atoms with E-state index in [1.165, 1.54) is 0 Å². The molecule has 3 heterocycles. The SMILES string of the molecule is CC[C@H]1CCC[C@H](OC(=O)CCC[n+]2cccc(C(N)=O)c2)[C@@H](C)C(=O)C2=C[C@@H]3[C@@H](C=C[C@@H]4C[C@@H](O[C@@H]5O[C@@H](C)[C@H](OC)[C@@H](OC)[C@H]5OC)C[C@@H]34)[C@@H]2CC(=O)O1. The number of esters is 2. The second-order valence-corrected chi connectivity index (χ2v) is 16.3. The van der Waals surface area contributed by atoms with Crippen LogP contribution < -0.4 is 10.3 Å². The first-order valence-electron chi connectivity index (χ1n) is 20.5. The minimum atomic E-state index is -0.636. The highest BCUT2D eigenvalue weighted by Crippen LogP contribution is 2.54. The molecule has 0 bridgehead atoms. The number of allylic oxidation sites excluding steroid dienone is 4. The van der Waals surface area contributed by atoms with Crippen LogP contribution in [0.15, 0.2) is 48.3 Å². The van der Waals surface area contributed by atoms with Crippen molar-refractivity contribution in [3.05, 3.63) is 53.9 Å². The van der Waals surface area contributed by atoms with Gasteiger partial charge in [-0.3, -0.25) is 19.2 Å². The molecule has 1 amide bonds. The van der Waals surface area contributed by atoms with Gasteiger partial charge in [0.25, 0.3) is 5.91 Å². The highest BCUT2D eigenvalue weighted by atomic mass is 16.7. The molecule has 6 rings (SSSR count). The largest absolute Gasteiger partial charge is 0.462 e. The second kappa shape index (κ2) is 18.8. The number of hydrogen-bond donors (Lipinski definition) is 1. The maximum Gasteiger partial charge on any atom is 0.306 e. The zero-order valence-electron chi connectivity index (χ0n) is 33.7. The fourth-order valence-corrected chi connectivity index (χ4v) is 9.90. The first kappa shape index (κ1) is 42.1. The average molecular weight is 782 g/mol. The van der Waals surface area contributed by atoms with Crippen LogP contribution in [0, 0.1) is 35.5 Å². The number of cyclic esters (lactones) is 1. The molecule has 2 aliphatic heterocycles. The van der Waals surface area contributed by atoms with E-state index in [9.17, 15) is 19.2 Å². The van der Waals surface area contributed by atoms with Crippen LogP contribution in [-0.4, -0.2) is 94.0 Å². The molecule has 0 spiro atoms. The maximum atomic E-state index is 14.6. The summed E-state index contributed by atoms with van der Waals surface area (Å²) in [5, 5.41) is 0. The fraction of sp³-hybridized carbons (Fsp3) is 0.698. The van der Waals surface area contributed by atoms with Gasteiger partial charge in [0, 0.05) is 39.7 Å². The van der Waals surface area contributed by atoms with Gasteiger partial charge in [0.2, 0.25) is 0 Å². The van der Waals surface area contributed by atoms with Gasteiger partial charge in [0.1, 0.15) is 42.6 Å². The highest BCUT2D eigenvalue weighted by molar-refractivity contribution is 5.99. The van der Waals surface area contributed by atoms with Crippen molar-refractivity contribution in [2.24, 2.45) is 41.2 Å². The van der Waals surface area contributed by atoms with Crippen molar-refractivity contribution in [2.75, 3.05) is 21.3 Å². The average Bonchev–Trinajstić information content (AvgIpc) is 3.76. The number of aromatic nitrogens is 1. The Labute approximate surface area is 330 Å². The van der Waals surface area contributed by atoms with Gasteiger partial charge >= 0.3 is 11.9 Å². The summed E-state index contributed by atoms with van der Waals surface area (Å²) in [6.45, 7) is 6.30. The summed E-state index contributed by atoms with van der Waals surface area (Å²) in [4.78, 5) is 52.9. The van der Waals surface area contributed by atoms with Crippen LogP contribution in [0.5, 0.6) is 0 Å². The first-order chi connectivity index (χ1) is 27.0. The molecule has 308 valence electrons. The lowest BCUT2D eigenvalue weighted by atomic mass is 9.70. The number of amides is 1. The third-order valence-electron chi connectivity index (χ3n) is 12.9. The van der Waals surface area contributed by atoms with Gasteiger partial charge in [0.15, 0.2) is 24.5 Å². The molecule has 1 aromatic heterocycles. The zero-order valence-corrected chi connectivity index (χ0v) is 33.7. The lowest BCUT2D eigenvalue weighted by Gasteiger charge is -2.44. The van der Waals surface area contributed by atoms with Gasteiger partial charge in [0.05, 0.1) is 31.0 Å². The van der Waals surface area contributed by atoms with Crippen LogP contribution in [0.1, 0.15) is 88.9 Å². The van der Waals surface area contributed by atoms with Crippen molar-refractivity contribution in [1.29, 1.82) is 0 Å². The number of hydrogen-bond acceptors (Lipinski definition) is 11. The summed E-state index contributed by atoms with van der Waals surface area (Å²) in [5.74, 6) is -1.74. The molecule has 5 aliphatic rings. The van der Waals surface area contributed by atoms with E-state index in [2.05, 4.69) is 18.2 Å². The van der Waals surface area contributed by atoms with Gasteiger partial charge in [-0.2, -0.15) is 0 Å². The summed E-state index contributed by atoms with van der Waals surface area (Å²) in [7, 11) is 4.90. The normalized spacial score (nSPS) is 37.3. The Morgan fingerprint density at radius 2 is 1.75 bits per heavy atom. The molecule has 0 radical (unpaired) electrons. The number of methoxy groups -OCH3 is 3. The number of fused-ring (bicyclic) bond motifs is 5. The van der Waals surface area contributed by atoms with Crippen molar-refractivity contribution >= 4 is 23.6 Å². The molecule has 2 saturated heterocycles. The van der Waals surface area contributed by atoms with Crippen LogP contribution in [0.3, 0.4) is 0 Å². The highest BCUT2D eigenvalue weighted by Gasteiger charge is 2.52. The summed E-state index contributed by atoms with van der Waals surface area (Å²) in [6.07, 6.45) is 11.8. The molecular formula is C43H61N2O11+. The molecule has 14 atom stereocenters.